The summed E-state index contributed by atoms with van der Waals surface area (Å²) in [6.45, 7) is 0.0723. The Morgan fingerprint density at radius 1 is 1.26 bits per heavy atom. The van der Waals surface area contributed by atoms with Crippen LogP contribution in [-0.4, -0.2) is 63.5 Å². The molecule has 12 heteroatoms. The van der Waals surface area contributed by atoms with Crippen LogP contribution in [0.2, 0.25) is 0 Å². The summed E-state index contributed by atoms with van der Waals surface area (Å²) in [5.41, 5.74) is -2.54. The average molecular weight is 444 g/mol. The van der Waals surface area contributed by atoms with E-state index in [1.54, 1.807) is 0 Å². The maximum atomic E-state index is 13.4. The predicted octanol–water partition coefficient (Wildman–Crippen LogP) is 3.37. The molecule has 1 saturated heterocycles. The minimum absolute atomic E-state index is 0.0255. The summed E-state index contributed by atoms with van der Waals surface area (Å²) in [7, 11) is 1.32. The number of nitrogens with zero attached hydrogens (tertiary/aromatic N) is 4. The molecular weight excluding hydrogens is 424 g/mol. The second kappa shape index (κ2) is 8.53. The van der Waals surface area contributed by atoms with Crippen molar-refractivity contribution in [1.82, 2.24) is 14.9 Å². The first kappa shape index (κ1) is 22.5. The number of anilines is 1. The number of amides is 1. The van der Waals surface area contributed by atoms with Crippen molar-refractivity contribution in [3.63, 3.8) is 0 Å². The van der Waals surface area contributed by atoms with Gasteiger partial charge in [0.05, 0.1) is 12.1 Å². The Morgan fingerprint density at radius 3 is 2.52 bits per heavy atom. The molecule has 0 spiro atoms. The van der Waals surface area contributed by atoms with Crippen LogP contribution in [-0.2, 0) is 6.18 Å². The lowest BCUT2D eigenvalue weighted by Gasteiger charge is -2.39. The van der Waals surface area contributed by atoms with Crippen LogP contribution in [0.5, 0.6) is 11.6 Å². The van der Waals surface area contributed by atoms with Gasteiger partial charge in [-0.3, -0.25) is 0 Å². The summed E-state index contributed by atoms with van der Waals surface area (Å²) >= 11 is 0. The van der Waals surface area contributed by atoms with Crippen LogP contribution in [0, 0.1) is 5.82 Å². The Morgan fingerprint density at radius 2 is 1.94 bits per heavy atom. The molecule has 0 unspecified atom stereocenters. The van der Waals surface area contributed by atoms with Gasteiger partial charge in [0.25, 0.3) is 0 Å². The minimum atomic E-state index is -4.77. The summed E-state index contributed by atoms with van der Waals surface area (Å²) in [5, 5.41) is 19.6. The third-order valence-electron chi connectivity index (χ3n) is 4.83. The van der Waals surface area contributed by atoms with E-state index >= 15 is 0 Å². The summed E-state index contributed by atoms with van der Waals surface area (Å²) in [6.07, 6.45) is -5.76. The molecule has 168 valence electrons. The number of likely N-dealkylation sites (N-methyl/N-ethyl adjacent to an activating group) is 1. The van der Waals surface area contributed by atoms with E-state index in [0.717, 1.165) is 17.0 Å². The molecule has 1 aliphatic heterocycles. The number of rotatable bonds is 5. The Balaban J connectivity index is 1.81. The quantitative estimate of drug-likeness (QED) is 0.683. The zero-order valence-corrected chi connectivity index (χ0v) is 16.4. The van der Waals surface area contributed by atoms with E-state index in [2.05, 4.69) is 9.97 Å². The third-order valence-corrected chi connectivity index (χ3v) is 4.83. The molecule has 1 amide bonds. The summed E-state index contributed by atoms with van der Waals surface area (Å²) in [5.74, 6) is -1.31. The van der Waals surface area contributed by atoms with Crippen LogP contribution >= 0.6 is 0 Å². The van der Waals surface area contributed by atoms with Gasteiger partial charge >= 0.3 is 12.3 Å². The standard InChI is InChI=1S/C19H20F4N4O4/c1-26(17(28)29)11-18(30)5-7-27(8-6-18)16-24-14(19(21,22)23)10-15(25-16)31-13-4-2-3-12(20)9-13/h2-4,9-10,30H,5-8,11H2,1H3,(H,28,29). The zero-order valence-electron chi connectivity index (χ0n) is 16.4. The Bertz CT molecular complexity index is 949. The van der Waals surface area contributed by atoms with Gasteiger partial charge in [0, 0.05) is 32.3 Å². The first-order valence-electron chi connectivity index (χ1n) is 9.26. The van der Waals surface area contributed by atoms with Gasteiger partial charge in [-0.1, -0.05) is 6.07 Å². The van der Waals surface area contributed by atoms with Gasteiger partial charge in [-0.2, -0.15) is 18.2 Å². The molecule has 2 N–H and O–H groups in total. The van der Waals surface area contributed by atoms with Crippen LogP contribution in [0.3, 0.4) is 0 Å². The van der Waals surface area contributed by atoms with Crippen molar-refractivity contribution in [3.8, 4) is 11.6 Å². The first-order chi connectivity index (χ1) is 14.4. The number of alkyl halides is 3. The lowest BCUT2D eigenvalue weighted by Crippen LogP contribution is -2.51. The van der Waals surface area contributed by atoms with Crippen molar-refractivity contribution in [2.45, 2.75) is 24.6 Å². The summed E-state index contributed by atoms with van der Waals surface area (Å²) in [6, 6.07) is 5.51. The predicted molar refractivity (Wildman–Crippen MR) is 101 cm³/mol. The van der Waals surface area contributed by atoms with E-state index in [1.165, 1.54) is 24.1 Å². The van der Waals surface area contributed by atoms with Crippen molar-refractivity contribution in [1.29, 1.82) is 0 Å². The number of ether oxygens (including phenoxy) is 1. The third kappa shape index (κ3) is 5.72. The van der Waals surface area contributed by atoms with Crippen LogP contribution in [0.4, 0.5) is 28.3 Å². The molecule has 2 aromatic rings. The first-order valence-corrected chi connectivity index (χ1v) is 9.26. The number of halogens is 4. The topological polar surface area (TPSA) is 99.0 Å². The van der Waals surface area contributed by atoms with Gasteiger partial charge in [0.15, 0.2) is 5.69 Å². The fraction of sp³-hybridized carbons (Fsp3) is 0.421. The van der Waals surface area contributed by atoms with Gasteiger partial charge in [0.1, 0.15) is 11.6 Å². The molecule has 1 aliphatic rings. The maximum Gasteiger partial charge on any atom is 0.433 e. The lowest BCUT2D eigenvalue weighted by molar-refractivity contribution is -0.141. The number of aromatic nitrogens is 2. The molecular formula is C19H20F4N4O4. The van der Waals surface area contributed by atoms with Crippen molar-refractivity contribution in [2.24, 2.45) is 0 Å². The second-order valence-corrected chi connectivity index (χ2v) is 7.30. The highest BCUT2D eigenvalue weighted by Gasteiger charge is 2.38. The lowest BCUT2D eigenvalue weighted by atomic mass is 9.91. The van der Waals surface area contributed by atoms with Crippen LogP contribution in [0.15, 0.2) is 30.3 Å². The summed E-state index contributed by atoms with van der Waals surface area (Å²) < 4.78 is 58.7. The smallest absolute Gasteiger partial charge is 0.433 e. The summed E-state index contributed by atoms with van der Waals surface area (Å²) in [4.78, 5) is 21.0. The molecule has 0 saturated carbocycles. The van der Waals surface area contributed by atoms with Crippen molar-refractivity contribution in [3.05, 3.63) is 41.8 Å². The van der Waals surface area contributed by atoms with E-state index in [9.17, 15) is 27.5 Å². The van der Waals surface area contributed by atoms with E-state index in [-0.39, 0.29) is 44.2 Å². The molecule has 3 rings (SSSR count). The molecule has 0 atom stereocenters. The molecule has 2 heterocycles. The van der Waals surface area contributed by atoms with E-state index in [4.69, 9.17) is 9.84 Å². The van der Waals surface area contributed by atoms with Gasteiger partial charge in [-0.15, -0.1) is 0 Å². The van der Waals surface area contributed by atoms with Crippen molar-refractivity contribution >= 4 is 12.0 Å². The maximum absolute atomic E-state index is 13.4. The Hall–Kier alpha value is -3.15. The molecule has 1 fully saturated rings. The fourth-order valence-electron chi connectivity index (χ4n) is 3.19. The zero-order chi connectivity index (χ0) is 22.8. The van der Waals surface area contributed by atoms with Crippen molar-refractivity contribution < 1.29 is 37.3 Å². The number of aliphatic hydroxyl groups is 1. The van der Waals surface area contributed by atoms with Crippen LogP contribution < -0.4 is 9.64 Å². The Labute approximate surface area is 174 Å². The van der Waals surface area contributed by atoms with Gasteiger partial charge in [0.2, 0.25) is 11.8 Å². The van der Waals surface area contributed by atoms with Crippen LogP contribution in [0.25, 0.3) is 0 Å². The van der Waals surface area contributed by atoms with Crippen LogP contribution in [0.1, 0.15) is 18.5 Å². The fourth-order valence-corrected chi connectivity index (χ4v) is 3.19. The highest BCUT2D eigenvalue weighted by Crippen LogP contribution is 2.34. The van der Waals surface area contributed by atoms with E-state index < -0.39 is 35.3 Å². The van der Waals surface area contributed by atoms with E-state index in [1.807, 2.05) is 0 Å². The second-order valence-electron chi connectivity index (χ2n) is 7.30. The normalized spacial score (nSPS) is 16.1. The molecule has 0 bridgehead atoms. The highest BCUT2D eigenvalue weighted by atomic mass is 19.4. The molecule has 31 heavy (non-hydrogen) atoms. The molecule has 1 aromatic heterocycles. The molecule has 0 aliphatic carbocycles. The average Bonchev–Trinajstić information content (AvgIpc) is 2.67. The number of benzene rings is 1. The van der Waals surface area contributed by atoms with Gasteiger partial charge < -0.3 is 24.7 Å². The largest absolute Gasteiger partial charge is 0.465 e. The Kier molecular flexibility index (Phi) is 6.20. The SMILES string of the molecule is CN(CC1(O)CCN(c2nc(Oc3cccc(F)c3)cc(C(F)(F)F)n2)CC1)C(=O)O. The molecule has 0 radical (unpaired) electrons. The number of hydrogen-bond acceptors (Lipinski definition) is 6. The van der Waals surface area contributed by atoms with Gasteiger partial charge in [-0.05, 0) is 25.0 Å². The molecule has 8 nitrogen and oxygen atoms in total. The van der Waals surface area contributed by atoms with Crippen molar-refractivity contribution in [2.75, 3.05) is 31.6 Å². The number of carbonyl (C=O) groups is 1. The number of piperidine rings is 1. The minimum Gasteiger partial charge on any atom is -0.465 e. The molecule has 1 aromatic carbocycles. The highest BCUT2D eigenvalue weighted by molar-refractivity contribution is 5.64. The number of carboxylic acid groups (broad SMARTS) is 1. The van der Waals surface area contributed by atoms with Gasteiger partial charge in [-0.25, -0.2) is 14.2 Å². The number of hydrogen-bond donors (Lipinski definition) is 2. The monoisotopic (exact) mass is 444 g/mol. The van der Waals surface area contributed by atoms with E-state index in [0.29, 0.717) is 6.07 Å².